The van der Waals surface area contributed by atoms with Gasteiger partial charge in [-0.1, -0.05) is 78.9 Å². The van der Waals surface area contributed by atoms with Gasteiger partial charge in [0.1, 0.15) is 0 Å². The lowest BCUT2D eigenvalue weighted by Gasteiger charge is -2.26. The van der Waals surface area contributed by atoms with Crippen molar-refractivity contribution in [3.63, 3.8) is 0 Å². The third-order valence-corrected chi connectivity index (χ3v) is 6.24. The Labute approximate surface area is 189 Å². The zero-order valence-corrected chi connectivity index (χ0v) is 19.0. The number of carbonyl (C=O) groups excluding carboxylic acids is 1. The molecule has 0 bridgehead atoms. The molecule has 3 N–H and O–H groups in total. The number of hydrogen-bond acceptors (Lipinski definition) is 5. The maximum atomic E-state index is 13.2. The van der Waals surface area contributed by atoms with E-state index >= 15 is 0 Å². The molecule has 0 radical (unpaired) electrons. The van der Waals surface area contributed by atoms with Crippen LogP contribution in [-0.2, 0) is 20.5 Å². The van der Waals surface area contributed by atoms with Crippen molar-refractivity contribution in [2.24, 2.45) is 5.73 Å². The molecule has 6 nitrogen and oxygen atoms in total. The van der Waals surface area contributed by atoms with Crippen molar-refractivity contribution in [3.8, 4) is 0 Å². The van der Waals surface area contributed by atoms with Gasteiger partial charge in [-0.3, -0.25) is 0 Å². The molecule has 0 saturated carbocycles. The van der Waals surface area contributed by atoms with E-state index in [1.54, 1.807) is 38.1 Å². The molecule has 7 heteroatoms. The van der Waals surface area contributed by atoms with Crippen molar-refractivity contribution in [3.05, 3.63) is 107 Å². The third-order valence-electron chi connectivity index (χ3n) is 4.93. The molecule has 168 valence electrons. The van der Waals surface area contributed by atoms with Crippen molar-refractivity contribution in [2.75, 3.05) is 0 Å². The summed E-state index contributed by atoms with van der Waals surface area (Å²) in [7, 11) is -3.86. The van der Waals surface area contributed by atoms with Crippen LogP contribution in [0.1, 0.15) is 53.0 Å². The van der Waals surface area contributed by atoms with Crippen LogP contribution in [-0.4, -0.2) is 20.5 Å². The molecule has 0 spiro atoms. The van der Waals surface area contributed by atoms with Crippen molar-refractivity contribution < 1.29 is 17.9 Å². The maximum absolute atomic E-state index is 13.2. The van der Waals surface area contributed by atoms with Gasteiger partial charge in [-0.05, 0) is 36.6 Å². The SMILES string of the molecule is CC(C)OC(=O)c1ccccc1CS(=O)(=O)NC(c1ccccc1)C(N)c1ccccc1. The van der Waals surface area contributed by atoms with E-state index < -0.39 is 28.1 Å². The van der Waals surface area contributed by atoms with E-state index in [4.69, 9.17) is 10.5 Å². The molecule has 2 atom stereocenters. The van der Waals surface area contributed by atoms with Crippen LogP contribution in [0.5, 0.6) is 0 Å². The molecular formula is C25H28N2O4S. The molecule has 0 fully saturated rings. The molecule has 32 heavy (non-hydrogen) atoms. The first kappa shape index (κ1) is 23.7. The lowest BCUT2D eigenvalue weighted by atomic mass is 9.95. The standard InChI is InChI=1S/C25H28N2O4S/c1-18(2)31-25(28)22-16-10-9-15-21(22)17-32(29,30)27-24(20-13-7-4-8-14-20)23(26)19-11-5-3-6-12-19/h3-16,18,23-24,27H,17,26H2,1-2H3. The molecule has 2 unspecified atom stereocenters. The lowest BCUT2D eigenvalue weighted by Crippen LogP contribution is -2.36. The van der Waals surface area contributed by atoms with Crippen molar-refractivity contribution in [1.82, 2.24) is 4.72 Å². The van der Waals surface area contributed by atoms with E-state index in [1.807, 2.05) is 60.7 Å². The van der Waals surface area contributed by atoms with E-state index in [1.165, 1.54) is 0 Å². The first-order valence-electron chi connectivity index (χ1n) is 10.4. The van der Waals surface area contributed by atoms with Crippen molar-refractivity contribution in [1.29, 1.82) is 0 Å². The summed E-state index contributed by atoms with van der Waals surface area (Å²) in [6.07, 6.45) is -0.309. The molecular weight excluding hydrogens is 424 g/mol. The maximum Gasteiger partial charge on any atom is 0.338 e. The Kier molecular flexibility index (Phi) is 7.80. The van der Waals surface area contributed by atoms with Gasteiger partial charge >= 0.3 is 5.97 Å². The number of rotatable bonds is 9. The summed E-state index contributed by atoms with van der Waals surface area (Å²) >= 11 is 0. The van der Waals surface area contributed by atoms with Gasteiger partial charge in [0.25, 0.3) is 0 Å². The first-order valence-corrected chi connectivity index (χ1v) is 12.1. The second-order valence-corrected chi connectivity index (χ2v) is 9.57. The fraction of sp³-hybridized carbons (Fsp3) is 0.240. The second kappa shape index (κ2) is 10.5. The van der Waals surface area contributed by atoms with E-state index in [0.29, 0.717) is 5.56 Å². The highest BCUT2D eigenvalue weighted by Gasteiger charge is 2.27. The lowest BCUT2D eigenvalue weighted by molar-refractivity contribution is 0.0377. The zero-order chi connectivity index (χ0) is 23.1. The summed E-state index contributed by atoms with van der Waals surface area (Å²) in [5.74, 6) is -0.923. The summed E-state index contributed by atoms with van der Waals surface area (Å²) in [4.78, 5) is 12.4. The normalized spacial score (nSPS) is 13.5. The van der Waals surface area contributed by atoms with Crippen LogP contribution in [0.25, 0.3) is 0 Å². The van der Waals surface area contributed by atoms with Crippen LogP contribution >= 0.6 is 0 Å². The number of hydrogen-bond donors (Lipinski definition) is 2. The minimum atomic E-state index is -3.86. The predicted molar refractivity (Wildman–Crippen MR) is 125 cm³/mol. The Bertz CT molecular complexity index is 1130. The van der Waals surface area contributed by atoms with Crippen LogP contribution in [0, 0.1) is 0 Å². The Morgan fingerprint density at radius 2 is 1.41 bits per heavy atom. The van der Waals surface area contributed by atoms with Crippen molar-refractivity contribution in [2.45, 2.75) is 37.8 Å². The van der Waals surface area contributed by atoms with Gasteiger partial charge in [0.15, 0.2) is 0 Å². The average Bonchev–Trinajstić information content (AvgIpc) is 2.78. The number of nitrogens with one attached hydrogen (secondary N) is 1. The summed E-state index contributed by atoms with van der Waals surface area (Å²) < 4.78 is 34.4. The molecule has 0 aromatic heterocycles. The topological polar surface area (TPSA) is 98.5 Å². The van der Waals surface area contributed by atoms with Crippen molar-refractivity contribution >= 4 is 16.0 Å². The molecule has 3 aromatic carbocycles. The van der Waals surface area contributed by atoms with E-state index in [-0.39, 0.29) is 17.4 Å². The minimum absolute atomic E-state index is 0.232. The summed E-state index contributed by atoms with van der Waals surface area (Å²) in [5.41, 5.74) is 8.66. The van der Waals surface area contributed by atoms with Gasteiger partial charge in [-0.15, -0.1) is 0 Å². The number of benzene rings is 3. The summed E-state index contributed by atoms with van der Waals surface area (Å²) in [6, 6.07) is 23.8. The predicted octanol–water partition coefficient (Wildman–Crippen LogP) is 4.11. The average molecular weight is 453 g/mol. The highest BCUT2D eigenvalue weighted by atomic mass is 32.2. The van der Waals surface area contributed by atoms with Gasteiger partial charge in [0.05, 0.1) is 29.5 Å². The van der Waals surface area contributed by atoms with Crippen LogP contribution in [0.2, 0.25) is 0 Å². The Morgan fingerprint density at radius 3 is 2.00 bits per heavy atom. The first-order chi connectivity index (χ1) is 15.3. The van der Waals surface area contributed by atoms with E-state index in [2.05, 4.69) is 4.72 Å². The Hall–Kier alpha value is -3.00. The number of nitrogens with two attached hydrogens (primary N) is 1. The molecule has 0 aliphatic rings. The Balaban J connectivity index is 1.89. The van der Waals surface area contributed by atoms with Crippen LogP contribution < -0.4 is 10.5 Å². The number of esters is 1. The molecule has 0 amide bonds. The number of sulfonamides is 1. The van der Waals surface area contributed by atoms with Crippen LogP contribution in [0.3, 0.4) is 0 Å². The summed E-state index contributed by atoms with van der Waals surface area (Å²) in [5, 5.41) is 0. The largest absolute Gasteiger partial charge is 0.459 e. The smallest absolute Gasteiger partial charge is 0.338 e. The quantitative estimate of drug-likeness (QED) is 0.476. The van der Waals surface area contributed by atoms with Crippen LogP contribution in [0.4, 0.5) is 0 Å². The molecule has 3 aromatic rings. The van der Waals surface area contributed by atoms with Gasteiger partial charge < -0.3 is 10.5 Å². The summed E-state index contributed by atoms with van der Waals surface area (Å²) in [6.45, 7) is 3.49. The van der Waals surface area contributed by atoms with E-state index in [9.17, 15) is 13.2 Å². The second-order valence-electron chi connectivity index (χ2n) is 7.81. The number of carbonyl (C=O) groups is 1. The highest BCUT2D eigenvalue weighted by Crippen LogP contribution is 2.28. The third kappa shape index (κ3) is 6.26. The molecule has 0 heterocycles. The highest BCUT2D eigenvalue weighted by molar-refractivity contribution is 7.88. The molecule has 0 aliphatic heterocycles. The monoisotopic (exact) mass is 452 g/mol. The van der Waals surface area contributed by atoms with E-state index in [0.717, 1.165) is 11.1 Å². The zero-order valence-electron chi connectivity index (χ0n) is 18.1. The van der Waals surface area contributed by atoms with Gasteiger partial charge in [-0.25, -0.2) is 17.9 Å². The fourth-order valence-corrected chi connectivity index (χ4v) is 4.85. The number of ether oxygens (including phenoxy) is 1. The molecule has 0 aliphatic carbocycles. The van der Waals surface area contributed by atoms with Gasteiger partial charge in [-0.2, -0.15) is 0 Å². The Morgan fingerprint density at radius 1 is 0.875 bits per heavy atom. The minimum Gasteiger partial charge on any atom is -0.459 e. The van der Waals surface area contributed by atoms with Crippen LogP contribution in [0.15, 0.2) is 84.9 Å². The molecule has 0 saturated heterocycles. The van der Waals surface area contributed by atoms with Gasteiger partial charge in [0.2, 0.25) is 10.0 Å². The molecule has 3 rings (SSSR count). The van der Waals surface area contributed by atoms with Gasteiger partial charge in [0, 0.05) is 0 Å². The fourth-order valence-electron chi connectivity index (χ4n) is 3.44.